The summed E-state index contributed by atoms with van der Waals surface area (Å²) in [6, 6.07) is 3.78. The first kappa shape index (κ1) is 25.4. The summed E-state index contributed by atoms with van der Waals surface area (Å²) >= 11 is 0. The number of phenols is 1. The Morgan fingerprint density at radius 1 is 1.00 bits per heavy atom. The number of nitrogens with zero attached hydrogens (tertiary/aromatic N) is 1. The van der Waals surface area contributed by atoms with E-state index in [1.54, 1.807) is 0 Å². The molecule has 0 radical (unpaired) electrons. The molecule has 3 nitrogen and oxygen atoms in total. The summed E-state index contributed by atoms with van der Waals surface area (Å²) in [7, 11) is 0. The summed E-state index contributed by atoms with van der Waals surface area (Å²) in [5, 5.41) is 14.2. The van der Waals surface area contributed by atoms with E-state index in [0.29, 0.717) is 5.75 Å². The van der Waals surface area contributed by atoms with Crippen molar-refractivity contribution in [2.24, 2.45) is 0 Å². The summed E-state index contributed by atoms with van der Waals surface area (Å²) in [4.78, 5) is 2.21. The third kappa shape index (κ3) is 5.72. The zero-order chi connectivity index (χ0) is 18.1. The highest BCUT2D eigenvalue weighted by atomic mass is 35.5. The average Bonchev–Trinajstić information content (AvgIpc) is 2.48. The van der Waals surface area contributed by atoms with Gasteiger partial charge in [0, 0.05) is 26.2 Å². The van der Waals surface area contributed by atoms with Gasteiger partial charge in [0.05, 0.1) is 6.04 Å². The van der Waals surface area contributed by atoms with Crippen LogP contribution in [0.5, 0.6) is 5.75 Å². The molecular formula is C20H35Cl2FN2O. The van der Waals surface area contributed by atoms with Crippen molar-refractivity contribution in [3.05, 3.63) is 28.8 Å². The molecule has 2 N–H and O–H groups in total. The lowest BCUT2D eigenvalue weighted by Gasteiger charge is -2.35. The number of rotatable bonds is 3. The predicted molar refractivity (Wildman–Crippen MR) is 113 cm³/mol. The summed E-state index contributed by atoms with van der Waals surface area (Å²) < 4.78 is 14.0. The first-order valence-electron chi connectivity index (χ1n) is 8.94. The molecule has 0 bridgehead atoms. The van der Waals surface area contributed by atoms with E-state index < -0.39 is 6.67 Å². The van der Waals surface area contributed by atoms with Crippen LogP contribution in [0.2, 0.25) is 0 Å². The SMILES string of the molecule is CC(C)(C)c1cc([C@@H](CF)N2CCNCC2)cc(C(C)(C)C)c1O.Cl.Cl. The Labute approximate surface area is 170 Å². The molecule has 1 aromatic rings. The summed E-state index contributed by atoms with van der Waals surface area (Å²) in [6.45, 7) is 15.6. The second-order valence-corrected chi connectivity index (χ2v) is 8.92. The number of halogens is 3. The summed E-state index contributed by atoms with van der Waals surface area (Å²) in [5.41, 5.74) is 2.40. The van der Waals surface area contributed by atoms with Gasteiger partial charge < -0.3 is 10.4 Å². The van der Waals surface area contributed by atoms with Crippen LogP contribution in [0.3, 0.4) is 0 Å². The maximum absolute atomic E-state index is 14.0. The molecule has 1 heterocycles. The molecule has 1 fully saturated rings. The molecule has 1 aromatic carbocycles. The lowest BCUT2D eigenvalue weighted by molar-refractivity contribution is 0.147. The van der Waals surface area contributed by atoms with Gasteiger partial charge >= 0.3 is 0 Å². The van der Waals surface area contributed by atoms with Gasteiger partial charge in [0.2, 0.25) is 0 Å². The van der Waals surface area contributed by atoms with E-state index in [-0.39, 0.29) is 41.7 Å². The normalized spacial score (nSPS) is 17.2. The molecule has 0 aliphatic carbocycles. The Kier molecular flexibility index (Phi) is 9.38. The van der Waals surface area contributed by atoms with Crippen LogP contribution >= 0.6 is 24.8 Å². The Bertz CT molecular complexity index is 541. The van der Waals surface area contributed by atoms with E-state index in [9.17, 15) is 9.50 Å². The van der Waals surface area contributed by atoms with Crippen molar-refractivity contribution in [3.8, 4) is 5.75 Å². The minimum absolute atomic E-state index is 0. The van der Waals surface area contributed by atoms with Crippen molar-refractivity contribution in [2.45, 2.75) is 58.4 Å². The van der Waals surface area contributed by atoms with Crippen LogP contribution in [0.1, 0.15) is 64.3 Å². The van der Waals surface area contributed by atoms with Crippen molar-refractivity contribution in [1.82, 2.24) is 10.2 Å². The van der Waals surface area contributed by atoms with Crippen LogP contribution < -0.4 is 5.32 Å². The highest BCUT2D eigenvalue weighted by molar-refractivity contribution is 5.85. The van der Waals surface area contributed by atoms with Gasteiger partial charge in [0.25, 0.3) is 0 Å². The number of phenolic OH excluding ortho intramolecular Hbond substituents is 1. The van der Waals surface area contributed by atoms with Crippen molar-refractivity contribution in [3.63, 3.8) is 0 Å². The van der Waals surface area contributed by atoms with Gasteiger partial charge in [-0.25, -0.2) is 4.39 Å². The number of nitrogens with one attached hydrogen (secondary N) is 1. The quantitative estimate of drug-likeness (QED) is 0.757. The fraction of sp³-hybridized carbons (Fsp3) is 0.700. The zero-order valence-corrected chi connectivity index (χ0v) is 18.5. The zero-order valence-electron chi connectivity index (χ0n) is 16.9. The van der Waals surface area contributed by atoms with E-state index in [1.165, 1.54) is 0 Å². The summed E-state index contributed by atoms with van der Waals surface area (Å²) in [6.07, 6.45) is 0. The maximum Gasteiger partial charge on any atom is 0.123 e. The van der Waals surface area contributed by atoms with Crippen LogP contribution in [0.4, 0.5) is 4.39 Å². The first-order chi connectivity index (χ1) is 11.1. The van der Waals surface area contributed by atoms with Gasteiger partial charge in [-0.15, -0.1) is 24.8 Å². The van der Waals surface area contributed by atoms with E-state index in [2.05, 4.69) is 51.8 Å². The van der Waals surface area contributed by atoms with Crippen LogP contribution in [0, 0.1) is 0 Å². The molecule has 1 aliphatic rings. The van der Waals surface area contributed by atoms with Crippen LogP contribution in [0.15, 0.2) is 12.1 Å². The van der Waals surface area contributed by atoms with E-state index in [1.807, 2.05) is 12.1 Å². The van der Waals surface area contributed by atoms with E-state index >= 15 is 0 Å². The van der Waals surface area contributed by atoms with Gasteiger partial charge in [-0.3, -0.25) is 4.90 Å². The highest BCUT2D eigenvalue weighted by Crippen LogP contribution is 2.41. The number of hydrogen-bond donors (Lipinski definition) is 2. The minimum atomic E-state index is -0.405. The molecule has 0 amide bonds. The topological polar surface area (TPSA) is 35.5 Å². The third-order valence-electron chi connectivity index (χ3n) is 4.87. The molecule has 1 aliphatic heterocycles. The molecule has 0 spiro atoms. The molecule has 1 saturated heterocycles. The van der Waals surface area contributed by atoms with Gasteiger partial charge in [-0.2, -0.15) is 0 Å². The summed E-state index contributed by atoms with van der Waals surface area (Å²) in [5.74, 6) is 0.358. The Morgan fingerprint density at radius 3 is 1.77 bits per heavy atom. The van der Waals surface area contributed by atoms with Crippen molar-refractivity contribution >= 4 is 24.8 Å². The van der Waals surface area contributed by atoms with Crippen LogP contribution in [-0.4, -0.2) is 42.9 Å². The number of alkyl halides is 1. The van der Waals surface area contributed by atoms with Crippen LogP contribution in [-0.2, 0) is 10.8 Å². The predicted octanol–water partition coefficient (Wildman–Crippen LogP) is 4.75. The molecule has 0 saturated carbocycles. The number of benzene rings is 1. The average molecular weight is 409 g/mol. The largest absolute Gasteiger partial charge is 0.507 e. The third-order valence-corrected chi connectivity index (χ3v) is 4.87. The smallest absolute Gasteiger partial charge is 0.123 e. The molecule has 26 heavy (non-hydrogen) atoms. The molecule has 152 valence electrons. The lowest BCUT2D eigenvalue weighted by atomic mass is 9.77. The van der Waals surface area contributed by atoms with Crippen molar-refractivity contribution < 1.29 is 9.50 Å². The van der Waals surface area contributed by atoms with Crippen molar-refractivity contribution in [1.29, 1.82) is 0 Å². The Hall–Kier alpha value is -0.550. The van der Waals surface area contributed by atoms with Gasteiger partial charge in [-0.1, -0.05) is 41.5 Å². The number of piperazine rings is 1. The first-order valence-corrected chi connectivity index (χ1v) is 8.94. The maximum atomic E-state index is 14.0. The number of hydrogen-bond acceptors (Lipinski definition) is 3. The fourth-order valence-electron chi connectivity index (χ4n) is 3.38. The van der Waals surface area contributed by atoms with Gasteiger partial charge in [-0.05, 0) is 39.7 Å². The van der Waals surface area contributed by atoms with Gasteiger partial charge in [0.1, 0.15) is 12.4 Å². The van der Waals surface area contributed by atoms with Crippen molar-refractivity contribution in [2.75, 3.05) is 32.9 Å². The molecule has 6 heteroatoms. The minimum Gasteiger partial charge on any atom is -0.507 e. The Morgan fingerprint density at radius 2 is 1.42 bits per heavy atom. The standard InChI is InChI=1S/C20H33FN2O.2ClH/c1-19(2,3)15-11-14(12-16(18(15)24)20(4,5)6)17(13-21)23-9-7-22-8-10-23;;/h11-12,17,22,24H,7-10,13H2,1-6H3;2*1H/t17-;;/m1../s1. The molecule has 0 aromatic heterocycles. The Balaban J connectivity index is 0.00000312. The van der Waals surface area contributed by atoms with E-state index in [4.69, 9.17) is 0 Å². The van der Waals surface area contributed by atoms with E-state index in [0.717, 1.165) is 42.9 Å². The monoisotopic (exact) mass is 408 g/mol. The molecule has 2 rings (SSSR count). The highest BCUT2D eigenvalue weighted by Gasteiger charge is 2.30. The molecular weight excluding hydrogens is 374 g/mol. The van der Waals surface area contributed by atoms with Gasteiger partial charge in [0.15, 0.2) is 0 Å². The fourth-order valence-corrected chi connectivity index (χ4v) is 3.38. The second kappa shape index (κ2) is 9.59. The second-order valence-electron chi connectivity index (χ2n) is 8.92. The lowest BCUT2D eigenvalue weighted by Crippen LogP contribution is -2.45. The van der Waals surface area contributed by atoms with Crippen LogP contribution in [0.25, 0.3) is 0 Å². The molecule has 1 atom stereocenters. The number of aromatic hydroxyl groups is 1. The molecule has 0 unspecified atom stereocenters.